The van der Waals surface area contributed by atoms with Crippen molar-refractivity contribution in [3.8, 4) is 0 Å². The molecular weight excluding hydrogens is 196 g/mol. The van der Waals surface area contributed by atoms with Crippen molar-refractivity contribution in [3.05, 3.63) is 12.2 Å². The Morgan fingerprint density at radius 1 is 1.43 bits per heavy atom. The molecule has 0 aromatic heterocycles. The summed E-state index contributed by atoms with van der Waals surface area (Å²) in [6, 6.07) is 0. The van der Waals surface area contributed by atoms with Crippen LogP contribution >= 0.6 is 0 Å². The van der Waals surface area contributed by atoms with Gasteiger partial charge < -0.3 is 9.53 Å². The van der Waals surface area contributed by atoms with Crippen molar-refractivity contribution in [2.75, 3.05) is 6.61 Å². The largest absolute Gasteiger partial charge is 0.478 e. The van der Waals surface area contributed by atoms with Crippen LogP contribution in [-0.2, 0) is 9.22 Å². The first-order valence-electron chi connectivity index (χ1n) is 4.70. The average Bonchev–Trinajstić information content (AvgIpc) is 1.95. The number of carboxylic acids is 1. The zero-order valence-electron chi connectivity index (χ0n) is 9.63. The lowest BCUT2D eigenvalue weighted by atomic mass is 10.2. The van der Waals surface area contributed by atoms with Crippen molar-refractivity contribution in [2.45, 2.75) is 38.9 Å². The topological polar surface area (TPSA) is 46.5 Å². The molecule has 0 aromatic carbocycles. The number of aliphatic carboxylic acids is 1. The van der Waals surface area contributed by atoms with Crippen molar-refractivity contribution in [3.63, 3.8) is 0 Å². The molecule has 0 radical (unpaired) electrons. The van der Waals surface area contributed by atoms with Gasteiger partial charge >= 0.3 is 5.97 Å². The minimum Gasteiger partial charge on any atom is -0.478 e. The first-order chi connectivity index (χ1) is 6.17. The van der Waals surface area contributed by atoms with Gasteiger partial charge in [-0.25, -0.2) is 4.79 Å². The quantitative estimate of drug-likeness (QED) is 0.580. The van der Waals surface area contributed by atoms with Crippen LogP contribution in [0.1, 0.15) is 20.8 Å². The standard InChI is InChI=1S/C10H20O3Si/c1-10(2,3)14(4,5)13-8-6-7-9(11)12/h6-7H,8H2,1-5H3,(H,11,12)/b7-6-. The highest BCUT2D eigenvalue weighted by molar-refractivity contribution is 6.74. The van der Waals surface area contributed by atoms with Crippen LogP contribution in [0.2, 0.25) is 18.1 Å². The number of carboxylic acid groups (broad SMARTS) is 1. The molecule has 0 unspecified atom stereocenters. The summed E-state index contributed by atoms with van der Waals surface area (Å²) in [4.78, 5) is 10.2. The molecule has 1 N–H and O–H groups in total. The van der Waals surface area contributed by atoms with Gasteiger partial charge in [-0.05, 0) is 18.1 Å². The molecule has 0 aliphatic heterocycles. The minimum absolute atomic E-state index is 0.171. The molecule has 0 rings (SSSR count). The maximum absolute atomic E-state index is 10.2. The third-order valence-corrected chi connectivity index (χ3v) is 7.11. The third kappa shape index (κ3) is 4.57. The van der Waals surface area contributed by atoms with E-state index in [0.717, 1.165) is 6.08 Å². The lowest BCUT2D eigenvalue weighted by molar-refractivity contribution is -0.131. The lowest BCUT2D eigenvalue weighted by Crippen LogP contribution is -2.40. The minimum atomic E-state index is -1.72. The highest BCUT2D eigenvalue weighted by Crippen LogP contribution is 2.36. The smallest absolute Gasteiger partial charge is 0.328 e. The summed E-state index contributed by atoms with van der Waals surface area (Å²) in [6.45, 7) is 11.1. The maximum atomic E-state index is 10.2. The lowest BCUT2D eigenvalue weighted by Gasteiger charge is -2.35. The predicted molar refractivity (Wildman–Crippen MR) is 59.9 cm³/mol. The Hall–Kier alpha value is -0.613. The molecule has 0 aromatic rings. The van der Waals surface area contributed by atoms with Crippen molar-refractivity contribution in [2.24, 2.45) is 0 Å². The van der Waals surface area contributed by atoms with Gasteiger partial charge in [0.1, 0.15) is 0 Å². The summed E-state index contributed by atoms with van der Waals surface area (Å²) < 4.78 is 5.73. The van der Waals surface area contributed by atoms with Crippen LogP contribution in [-0.4, -0.2) is 26.0 Å². The van der Waals surface area contributed by atoms with Gasteiger partial charge in [0.15, 0.2) is 8.32 Å². The third-order valence-electron chi connectivity index (χ3n) is 2.61. The molecule has 82 valence electrons. The first-order valence-corrected chi connectivity index (χ1v) is 7.61. The Bertz CT molecular complexity index is 226. The van der Waals surface area contributed by atoms with Crippen LogP contribution < -0.4 is 0 Å². The van der Waals surface area contributed by atoms with Crippen LogP contribution in [0.15, 0.2) is 12.2 Å². The van der Waals surface area contributed by atoms with E-state index in [4.69, 9.17) is 9.53 Å². The van der Waals surface area contributed by atoms with Gasteiger partial charge in [0.2, 0.25) is 0 Å². The van der Waals surface area contributed by atoms with Crippen LogP contribution in [0, 0.1) is 0 Å². The Labute approximate surface area is 86.9 Å². The molecule has 0 saturated heterocycles. The number of rotatable bonds is 4. The zero-order chi connectivity index (χ0) is 11.4. The molecule has 14 heavy (non-hydrogen) atoms. The second kappa shape index (κ2) is 4.75. The summed E-state index contributed by atoms with van der Waals surface area (Å²) in [6.07, 6.45) is 2.66. The molecule has 4 heteroatoms. The highest BCUT2D eigenvalue weighted by Gasteiger charge is 2.36. The maximum Gasteiger partial charge on any atom is 0.328 e. The van der Waals surface area contributed by atoms with E-state index < -0.39 is 14.3 Å². The van der Waals surface area contributed by atoms with Crippen molar-refractivity contribution in [1.82, 2.24) is 0 Å². The second-order valence-electron chi connectivity index (χ2n) is 4.81. The molecule has 0 aliphatic carbocycles. The van der Waals surface area contributed by atoms with Gasteiger partial charge in [0, 0.05) is 6.08 Å². The Balaban J connectivity index is 4.07. The predicted octanol–water partition coefficient (Wildman–Crippen LogP) is 2.65. The molecule has 0 saturated carbocycles. The van der Waals surface area contributed by atoms with E-state index >= 15 is 0 Å². The van der Waals surface area contributed by atoms with Gasteiger partial charge in [-0.3, -0.25) is 0 Å². The normalized spacial score (nSPS) is 13.5. The first kappa shape index (κ1) is 13.4. The number of carbonyl (C=O) groups is 1. The molecule has 0 aliphatic rings. The fraction of sp³-hybridized carbons (Fsp3) is 0.700. The Morgan fingerprint density at radius 3 is 2.29 bits per heavy atom. The molecule has 0 spiro atoms. The fourth-order valence-corrected chi connectivity index (χ4v) is 1.57. The second-order valence-corrected chi connectivity index (χ2v) is 9.62. The molecule has 0 bridgehead atoms. The van der Waals surface area contributed by atoms with E-state index in [-0.39, 0.29) is 5.04 Å². The molecule has 0 heterocycles. The van der Waals surface area contributed by atoms with Gasteiger partial charge in [-0.15, -0.1) is 0 Å². The van der Waals surface area contributed by atoms with Gasteiger partial charge in [-0.1, -0.05) is 26.8 Å². The number of hydrogen-bond donors (Lipinski definition) is 1. The molecular formula is C10H20O3Si. The van der Waals surface area contributed by atoms with Crippen LogP contribution in [0.5, 0.6) is 0 Å². The van der Waals surface area contributed by atoms with Gasteiger partial charge in [0.05, 0.1) is 6.61 Å². The molecule has 0 fully saturated rings. The highest BCUT2D eigenvalue weighted by atomic mass is 28.4. The van der Waals surface area contributed by atoms with Crippen LogP contribution in [0.4, 0.5) is 0 Å². The van der Waals surface area contributed by atoms with E-state index in [1.807, 2.05) is 0 Å². The summed E-state index contributed by atoms with van der Waals surface area (Å²) in [5.74, 6) is -0.927. The zero-order valence-corrected chi connectivity index (χ0v) is 10.6. The van der Waals surface area contributed by atoms with Crippen molar-refractivity contribution in [1.29, 1.82) is 0 Å². The Kier molecular flexibility index (Phi) is 4.54. The molecule has 3 nitrogen and oxygen atoms in total. The van der Waals surface area contributed by atoms with E-state index in [2.05, 4.69) is 33.9 Å². The van der Waals surface area contributed by atoms with Gasteiger partial charge in [-0.2, -0.15) is 0 Å². The monoisotopic (exact) mass is 216 g/mol. The average molecular weight is 216 g/mol. The van der Waals surface area contributed by atoms with E-state index in [0.29, 0.717) is 6.61 Å². The van der Waals surface area contributed by atoms with Crippen molar-refractivity contribution < 1.29 is 14.3 Å². The fourth-order valence-electron chi connectivity index (χ4n) is 0.622. The number of hydrogen-bond acceptors (Lipinski definition) is 2. The van der Waals surface area contributed by atoms with E-state index in [1.165, 1.54) is 0 Å². The van der Waals surface area contributed by atoms with Gasteiger partial charge in [0.25, 0.3) is 0 Å². The summed E-state index contributed by atoms with van der Waals surface area (Å²) in [5.41, 5.74) is 0. The Morgan fingerprint density at radius 2 is 1.93 bits per heavy atom. The summed E-state index contributed by atoms with van der Waals surface area (Å²) >= 11 is 0. The van der Waals surface area contributed by atoms with Crippen LogP contribution in [0.25, 0.3) is 0 Å². The van der Waals surface area contributed by atoms with Crippen molar-refractivity contribution >= 4 is 14.3 Å². The summed E-state index contributed by atoms with van der Waals surface area (Å²) in [5, 5.41) is 8.54. The summed E-state index contributed by atoms with van der Waals surface area (Å²) in [7, 11) is -1.72. The van der Waals surface area contributed by atoms with E-state index in [9.17, 15) is 4.79 Å². The van der Waals surface area contributed by atoms with Crippen LogP contribution in [0.3, 0.4) is 0 Å². The molecule has 0 amide bonds. The SMILES string of the molecule is CC(C)(C)[Si](C)(C)OC/C=C\C(=O)O. The van der Waals surface area contributed by atoms with E-state index in [1.54, 1.807) is 6.08 Å². The molecule has 0 atom stereocenters.